The van der Waals surface area contributed by atoms with Gasteiger partial charge in [0.2, 0.25) is 5.91 Å². The zero-order chi connectivity index (χ0) is 14.8. The number of nitrogens with two attached hydrogens (primary N) is 1. The quantitative estimate of drug-likeness (QED) is 0.520. The maximum Gasteiger partial charge on any atom is 0.234 e. The van der Waals surface area contributed by atoms with Crippen LogP contribution in [0.2, 0.25) is 0 Å². The topological polar surface area (TPSA) is 58.4 Å². The average Bonchev–Trinajstić information content (AvgIpc) is 2.52. The third kappa shape index (κ3) is 2.75. The fourth-order valence-electron chi connectivity index (χ4n) is 2.47. The van der Waals surface area contributed by atoms with Gasteiger partial charge in [-0.1, -0.05) is 30.0 Å². The molecule has 0 aliphatic carbocycles. The molecule has 1 amide bonds. The highest BCUT2D eigenvalue weighted by Gasteiger charge is 2.20. The maximum absolute atomic E-state index is 11.2. The van der Waals surface area contributed by atoms with Gasteiger partial charge in [0.25, 0.3) is 0 Å². The molecule has 0 saturated carbocycles. The SMILES string of the molecule is CN1c2ccccc2Sc2cc(CCC(=O)NN)ccc21. The highest BCUT2D eigenvalue weighted by Crippen LogP contribution is 2.47. The highest BCUT2D eigenvalue weighted by atomic mass is 32.2. The van der Waals surface area contributed by atoms with E-state index >= 15 is 0 Å². The van der Waals surface area contributed by atoms with Crippen molar-refractivity contribution in [1.29, 1.82) is 0 Å². The van der Waals surface area contributed by atoms with Crippen molar-refractivity contribution < 1.29 is 4.79 Å². The highest BCUT2D eigenvalue weighted by molar-refractivity contribution is 7.99. The first-order valence-electron chi connectivity index (χ1n) is 6.82. The average molecular weight is 299 g/mol. The van der Waals surface area contributed by atoms with Crippen LogP contribution in [-0.2, 0) is 11.2 Å². The molecule has 21 heavy (non-hydrogen) atoms. The summed E-state index contributed by atoms with van der Waals surface area (Å²) in [4.78, 5) is 15.9. The number of nitrogens with one attached hydrogen (secondary N) is 1. The molecule has 0 aromatic heterocycles. The predicted molar refractivity (Wildman–Crippen MR) is 85.7 cm³/mol. The van der Waals surface area contributed by atoms with Gasteiger partial charge >= 0.3 is 0 Å². The number of aryl methyl sites for hydroxylation is 1. The second-order valence-electron chi connectivity index (χ2n) is 5.00. The van der Waals surface area contributed by atoms with Crippen molar-refractivity contribution in [1.82, 2.24) is 5.43 Å². The fraction of sp³-hybridized carbons (Fsp3) is 0.188. The summed E-state index contributed by atoms with van der Waals surface area (Å²) in [6, 6.07) is 14.7. The molecule has 0 fully saturated rings. The minimum Gasteiger partial charge on any atom is -0.343 e. The molecule has 0 spiro atoms. The van der Waals surface area contributed by atoms with Crippen molar-refractivity contribution in [3.8, 4) is 0 Å². The minimum atomic E-state index is -0.136. The molecule has 0 saturated heterocycles. The molecule has 1 aliphatic rings. The van der Waals surface area contributed by atoms with Crippen LogP contribution in [0.3, 0.4) is 0 Å². The summed E-state index contributed by atoms with van der Waals surface area (Å²) >= 11 is 1.77. The zero-order valence-electron chi connectivity index (χ0n) is 11.8. The third-order valence-corrected chi connectivity index (χ3v) is 4.75. The third-order valence-electron chi connectivity index (χ3n) is 3.63. The Balaban J connectivity index is 1.86. The minimum absolute atomic E-state index is 0.136. The summed E-state index contributed by atoms with van der Waals surface area (Å²) in [6.07, 6.45) is 1.11. The van der Waals surface area contributed by atoms with Gasteiger partial charge in [-0.25, -0.2) is 5.84 Å². The number of nitrogens with zero attached hydrogens (tertiary/aromatic N) is 1. The zero-order valence-corrected chi connectivity index (χ0v) is 12.6. The Kier molecular flexibility index (Phi) is 3.86. The van der Waals surface area contributed by atoms with Gasteiger partial charge < -0.3 is 4.90 Å². The van der Waals surface area contributed by atoms with E-state index in [1.165, 1.54) is 21.2 Å². The summed E-state index contributed by atoms with van der Waals surface area (Å²) in [5.41, 5.74) is 5.74. The van der Waals surface area contributed by atoms with Gasteiger partial charge in [0.05, 0.1) is 11.4 Å². The number of hydrazine groups is 1. The number of carbonyl (C=O) groups is 1. The first kappa shape index (κ1) is 14.0. The van der Waals surface area contributed by atoms with E-state index in [9.17, 15) is 4.79 Å². The van der Waals surface area contributed by atoms with Gasteiger partial charge in [0.15, 0.2) is 0 Å². The van der Waals surface area contributed by atoms with Crippen molar-refractivity contribution in [2.75, 3.05) is 11.9 Å². The van der Waals surface area contributed by atoms with Crippen LogP contribution in [0.4, 0.5) is 11.4 Å². The Labute approximate surface area is 128 Å². The van der Waals surface area contributed by atoms with Crippen LogP contribution < -0.4 is 16.2 Å². The van der Waals surface area contributed by atoms with E-state index in [2.05, 4.69) is 59.8 Å². The number of carbonyl (C=O) groups excluding carboxylic acids is 1. The molecule has 4 nitrogen and oxygen atoms in total. The molecule has 108 valence electrons. The van der Waals surface area contributed by atoms with Crippen LogP contribution in [0.5, 0.6) is 0 Å². The number of benzene rings is 2. The summed E-state index contributed by atoms with van der Waals surface area (Å²) in [5.74, 6) is 4.97. The Hall–Kier alpha value is -1.98. The first-order valence-corrected chi connectivity index (χ1v) is 7.63. The predicted octanol–water partition coefficient (Wildman–Crippen LogP) is 2.84. The Bertz CT molecular complexity index is 687. The second kappa shape index (κ2) is 5.79. The second-order valence-corrected chi connectivity index (χ2v) is 6.08. The van der Waals surface area contributed by atoms with Crippen LogP contribution in [0, 0.1) is 0 Å². The van der Waals surface area contributed by atoms with Crippen LogP contribution >= 0.6 is 11.8 Å². The number of anilines is 2. The van der Waals surface area contributed by atoms with E-state index in [0.717, 1.165) is 5.56 Å². The molecule has 2 aromatic rings. The van der Waals surface area contributed by atoms with Gasteiger partial charge in [-0.15, -0.1) is 0 Å². The molecule has 1 aliphatic heterocycles. The Morgan fingerprint density at radius 1 is 1.19 bits per heavy atom. The molecule has 5 heteroatoms. The summed E-state index contributed by atoms with van der Waals surface area (Å²) < 4.78 is 0. The van der Waals surface area contributed by atoms with E-state index in [-0.39, 0.29) is 5.91 Å². The van der Waals surface area contributed by atoms with Crippen LogP contribution in [0.25, 0.3) is 0 Å². The Morgan fingerprint density at radius 2 is 1.95 bits per heavy atom. The summed E-state index contributed by atoms with van der Waals surface area (Å²) in [5, 5.41) is 0. The van der Waals surface area contributed by atoms with E-state index in [0.29, 0.717) is 12.8 Å². The fourth-order valence-corrected chi connectivity index (χ4v) is 3.68. The van der Waals surface area contributed by atoms with Gasteiger partial charge in [-0.3, -0.25) is 10.2 Å². The number of para-hydroxylation sites is 1. The van der Waals surface area contributed by atoms with Crippen molar-refractivity contribution >= 4 is 29.0 Å². The van der Waals surface area contributed by atoms with Crippen molar-refractivity contribution in [2.45, 2.75) is 22.6 Å². The van der Waals surface area contributed by atoms with Crippen molar-refractivity contribution in [2.24, 2.45) is 5.84 Å². The lowest BCUT2D eigenvalue weighted by Crippen LogP contribution is -2.30. The molecular formula is C16H17N3OS. The molecule has 3 rings (SSSR count). The van der Waals surface area contributed by atoms with Gasteiger partial charge in [-0.2, -0.15) is 0 Å². The largest absolute Gasteiger partial charge is 0.343 e. The van der Waals surface area contributed by atoms with Crippen LogP contribution in [0.1, 0.15) is 12.0 Å². The molecule has 0 unspecified atom stereocenters. The van der Waals surface area contributed by atoms with Crippen molar-refractivity contribution in [3.05, 3.63) is 48.0 Å². The molecule has 0 atom stereocenters. The lowest BCUT2D eigenvalue weighted by Gasteiger charge is -2.29. The smallest absolute Gasteiger partial charge is 0.234 e. The van der Waals surface area contributed by atoms with Gasteiger partial charge in [0, 0.05) is 23.3 Å². The lowest BCUT2D eigenvalue weighted by molar-refractivity contribution is -0.121. The summed E-state index contributed by atoms with van der Waals surface area (Å²) in [7, 11) is 2.08. The van der Waals surface area contributed by atoms with E-state index in [4.69, 9.17) is 5.84 Å². The number of hydrogen-bond donors (Lipinski definition) is 2. The van der Waals surface area contributed by atoms with Crippen LogP contribution in [-0.4, -0.2) is 13.0 Å². The molecule has 1 heterocycles. The van der Waals surface area contributed by atoms with E-state index in [1.807, 2.05) is 0 Å². The van der Waals surface area contributed by atoms with Gasteiger partial charge in [0.1, 0.15) is 0 Å². The number of fused-ring (bicyclic) bond motifs is 2. The lowest BCUT2D eigenvalue weighted by atomic mass is 10.1. The number of rotatable bonds is 3. The molecule has 0 bridgehead atoms. The normalized spacial score (nSPS) is 12.6. The number of hydrogen-bond acceptors (Lipinski definition) is 4. The van der Waals surface area contributed by atoms with Crippen LogP contribution in [0.15, 0.2) is 52.3 Å². The Morgan fingerprint density at radius 3 is 2.76 bits per heavy atom. The number of amides is 1. The summed E-state index contributed by atoms with van der Waals surface area (Å²) in [6.45, 7) is 0. The van der Waals surface area contributed by atoms with E-state index < -0.39 is 0 Å². The van der Waals surface area contributed by atoms with Crippen molar-refractivity contribution in [3.63, 3.8) is 0 Å². The molecular weight excluding hydrogens is 282 g/mol. The monoisotopic (exact) mass is 299 g/mol. The standard InChI is InChI=1S/C16H17N3OS/c1-19-12-4-2-3-5-14(12)21-15-10-11(6-8-13(15)19)7-9-16(20)18-17/h2-6,8,10H,7,9,17H2,1H3,(H,18,20). The first-order chi connectivity index (χ1) is 10.2. The maximum atomic E-state index is 11.2. The molecule has 2 aromatic carbocycles. The van der Waals surface area contributed by atoms with E-state index in [1.54, 1.807) is 11.8 Å². The molecule has 0 radical (unpaired) electrons. The van der Waals surface area contributed by atoms with Gasteiger partial charge in [-0.05, 0) is 36.2 Å². The molecule has 3 N–H and O–H groups in total.